The van der Waals surface area contributed by atoms with Gasteiger partial charge in [-0.25, -0.2) is 13.4 Å². The molecule has 1 fully saturated rings. The molecule has 1 rings (SSSR count). The summed E-state index contributed by atoms with van der Waals surface area (Å²) < 4.78 is 27.5. The highest BCUT2D eigenvalue weighted by atomic mass is 32.2. The molecule has 0 aromatic carbocycles. The average Bonchev–Trinajstić information content (AvgIpc) is 2.19. The minimum Gasteiger partial charge on any atom is -0.379 e. The molecule has 1 aliphatic rings. The number of nitrogens with one attached hydrogen (secondary N) is 1. The summed E-state index contributed by atoms with van der Waals surface area (Å²) in [4.78, 5) is 0. The van der Waals surface area contributed by atoms with E-state index in [1.54, 1.807) is 6.92 Å². The Morgan fingerprint density at radius 2 is 2.00 bits per heavy atom. The van der Waals surface area contributed by atoms with Gasteiger partial charge in [0.05, 0.1) is 19.0 Å². The molecular weight excluding hydrogens is 204 g/mol. The third kappa shape index (κ3) is 4.36. The zero-order chi connectivity index (χ0) is 10.4. The highest BCUT2D eigenvalue weighted by Gasteiger charge is 2.11. The van der Waals surface area contributed by atoms with Crippen molar-refractivity contribution in [3.8, 4) is 0 Å². The standard InChI is InChI=1S/C8H18N2O3S/c1-2-14(11,12)8-3-9-10-4-6-13-7-5-10/h9H,2-8H2,1H3. The minimum atomic E-state index is -2.84. The molecule has 0 atom stereocenters. The van der Waals surface area contributed by atoms with Gasteiger partial charge < -0.3 is 4.74 Å². The van der Waals surface area contributed by atoms with Crippen LogP contribution in [0, 0.1) is 0 Å². The molecule has 1 N–H and O–H groups in total. The Morgan fingerprint density at radius 1 is 1.36 bits per heavy atom. The van der Waals surface area contributed by atoms with Gasteiger partial charge in [-0.05, 0) is 0 Å². The van der Waals surface area contributed by atoms with E-state index < -0.39 is 9.84 Å². The third-order valence-electron chi connectivity index (χ3n) is 2.20. The van der Waals surface area contributed by atoms with Gasteiger partial charge in [0.1, 0.15) is 0 Å². The Morgan fingerprint density at radius 3 is 2.57 bits per heavy atom. The van der Waals surface area contributed by atoms with Gasteiger partial charge in [-0.1, -0.05) is 6.92 Å². The lowest BCUT2D eigenvalue weighted by Gasteiger charge is -2.27. The second-order valence-corrected chi connectivity index (χ2v) is 5.72. The first-order valence-corrected chi connectivity index (χ1v) is 6.73. The van der Waals surface area contributed by atoms with Crippen LogP contribution >= 0.6 is 0 Å². The van der Waals surface area contributed by atoms with Crippen molar-refractivity contribution in [2.45, 2.75) is 6.92 Å². The summed E-state index contributed by atoms with van der Waals surface area (Å²) in [5, 5.41) is 2.01. The van der Waals surface area contributed by atoms with E-state index in [2.05, 4.69) is 5.43 Å². The number of nitrogens with zero attached hydrogens (tertiary/aromatic N) is 1. The molecule has 84 valence electrons. The van der Waals surface area contributed by atoms with Gasteiger partial charge in [0.2, 0.25) is 0 Å². The Kier molecular flexibility index (Phi) is 4.80. The predicted octanol–water partition coefficient (Wildman–Crippen LogP) is -0.742. The fourth-order valence-corrected chi connectivity index (χ4v) is 1.92. The lowest BCUT2D eigenvalue weighted by molar-refractivity contribution is 0.0133. The maximum atomic E-state index is 11.2. The summed E-state index contributed by atoms with van der Waals surface area (Å²) in [6.07, 6.45) is 0. The van der Waals surface area contributed by atoms with Crippen LogP contribution in [0.15, 0.2) is 0 Å². The monoisotopic (exact) mass is 222 g/mol. The molecule has 0 saturated carbocycles. The first-order valence-electron chi connectivity index (χ1n) is 4.90. The molecule has 1 saturated heterocycles. The largest absolute Gasteiger partial charge is 0.379 e. The van der Waals surface area contributed by atoms with Crippen LogP contribution in [0.5, 0.6) is 0 Å². The van der Waals surface area contributed by atoms with Gasteiger partial charge in [0.25, 0.3) is 0 Å². The molecule has 0 radical (unpaired) electrons. The molecule has 0 aliphatic carbocycles. The van der Waals surface area contributed by atoms with Crippen LogP contribution < -0.4 is 5.43 Å². The van der Waals surface area contributed by atoms with Crippen molar-refractivity contribution in [2.24, 2.45) is 0 Å². The van der Waals surface area contributed by atoms with E-state index in [0.29, 0.717) is 19.8 Å². The van der Waals surface area contributed by atoms with Gasteiger partial charge in [-0.2, -0.15) is 0 Å². The normalized spacial score (nSPS) is 19.8. The number of hydrogen-bond donors (Lipinski definition) is 1. The van der Waals surface area contributed by atoms with Crippen LogP contribution in [0.2, 0.25) is 0 Å². The van der Waals surface area contributed by atoms with Gasteiger partial charge in [0.15, 0.2) is 9.84 Å². The fourth-order valence-electron chi connectivity index (χ4n) is 1.23. The van der Waals surface area contributed by atoms with Crippen LogP contribution in [-0.2, 0) is 14.6 Å². The van der Waals surface area contributed by atoms with E-state index in [0.717, 1.165) is 13.1 Å². The van der Waals surface area contributed by atoms with Gasteiger partial charge in [-0.15, -0.1) is 0 Å². The first kappa shape index (κ1) is 11.9. The fraction of sp³-hybridized carbons (Fsp3) is 1.00. The zero-order valence-corrected chi connectivity index (χ0v) is 9.35. The quantitative estimate of drug-likeness (QED) is 0.664. The smallest absolute Gasteiger partial charge is 0.151 e. The molecule has 6 heteroatoms. The lowest BCUT2D eigenvalue weighted by Crippen LogP contribution is -2.47. The molecule has 5 nitrogen and oxygen atoms in total. The van der Waals surface area contributed by atoms with Crippen molar-refractivity contribution in [3.05, 3.63) is 0 Å². The number of sulfone groups is 1. The summed E-state index contributed by atoms with van der Waals surface area (Å²) in [7, 11) is -2.84. The van der Waals surface area contributed by atoms with Crippen LogP contribution in [0.3, 0.4) is 0 Å². The minimum absolute atomic E-state index is 0.209. The number of ether oxygens (including phenoxy) is 1. The maximum absolute atomic E-state index is 11.2. The molecule has 0 amide bonds. The molecule has 0 spiro atoms. The summed E-state index contributed by atoms with van der Waals surface area (Å²) in [6.45, 7) is 5.25. The lowest BCUT2D eigenvalue weighted by atomic mass is 10.5. The Bertz CT molecular complexity index is 247. The van der Waals surface area contributed by atoms with E-state index in [-0.39, 0.29) is 11.5 Å². The highest BCUT2D eigenvalue weighted by molar-refractivity contribution is 7.91. The molecule has 1 heterocycles. The van der Waals surface area contributed by atoms with Gasteiger partial charge >= 0.3 is 0 Å². The van der Waals surface area contributed by atoms with E-state index in [4.69, 9.17) is 4.74 Å². The average molecular weight is 222 g/mol. The first-order chi connectivity index (χ1) is 6.64. The zero-order valence-electron chi connectivity index (χ0n) is 8.53. The summed E-state index contributed by atoms with van der Waals surface area (Å²) in [6, 6.07) is 0. The van der Waals surface area contributed by atoms with Crippen LogP contribution in [0.1, 0.15) is 6.92 Å². The van der Waals surface area contributed by atoms with E-state index in [9.17, 15) is 8.42 Å². The number of morpholine rings is 1. The van der Waals surface area contributed by atoms with E-state index in [1.807, 2.05) is 5.01 Å². The van der Waals surface area contributed by atoms with Gasteiger partial charge in [-0.3, -0.25) is 5.43 Å². The van der Waals surface area contributed by atoms with Crippen molar-refractivity contribution in [1.29, 1.82) is 0 Å². The summed E-state index contributed by atoms with van der Waals surface area (Å²) in [5.74, 6) is 0.429. The molecular formula is C8H18N2O3S. The Balaban J connectivity index is 2.14. The molecule has 0 aromatic rings. The molecule has 0 aromatic heterocycles. The van der Waals surface area contributed by atoms with Crippen LogP contribution in [-0.4, -0.2) is 57.8 Å². The van der Waals surface area contributed by atoms with E-state index >= 15 is 0 Å². The molecule has 0 unspecified atom stereocenters. The van der Waals surface area contributed by atoms with Gasteiger partial charge in [0, 0.05) is 25.4 Å². The van der Waals surface area contributed by atoms with Crippen molar-refractivity contribution >= 4 is 9.84 Å². The van der Waals surface area contributed by atoms with E-state index in [1.165, 1.54) is 0 Å². The van der Waals surface area contributed by atoms with Crippen molar-refractivity contribution in [3.63, 3.8) is 0 Å². The molecule has 14 heavy (non-hydrogen) atoms. The molecule has 1 aliphatic heterocycles. The predicted molar refractivity (Wildman–Crippen MR) is 54.7 cm³/mol. The molecule has 0 bridgehead atoms. The SMILES string of the molecule is CCS(=O)(=O)CCNN1CCOCC1. The topological polar surface area (TPSA) is 58.6 Å². The summed E-state index contributed by atoms with van der Waals surface area (Å²) >= 11 is 0. The van der Waals surface area contributed by atoms with Crippen molar-refractivity contribution in [1.82, 2.24) is 10.4 Å². The summed E-state index contributed by atoms with van der Waals surface area (Å²) in [5.41, 5.74) is 3.09. The number of hydrogen-bond acceptors (Lipinski definition) is 5. The number of hydrazine groups is 1. The van der Waals surface area contributed by atoms with Crippen molar-refractivity contribution in [2.75, 3.05) is 44.4 Å². The second kappa shape index (κ2) is 5.65. The van der Waals surface area contributed by atoms with Crippen molar-refractivity contribution < 1.29 is 13.2 Å². The maximum Gasteiger partial charge on any atom is 0.151 e. The van der Waals surface area contributed by atoms with Crippen LogP contribution in [0.25, 0.3) is 0 Å². The number of rotatable bonds is 5. The van der Waals surface area contributed by atoms with Crippen LogP contribution in [0.4, 0.5) is 0 Å². The third-order valence-corrected chi connectivity index (χ3v) is 3.91. The Labute approximate surface area is 85.3 Å². The highest BCUT2D eigenvalue weighted by Crippen LogP contribution is 1.93. The Hall–Kier alpha value is -0.170. The second-order valence-electron chi connectivity index (χ2n) is 3.24.